The molecule has 1 N–H and O–H groups in total. The van der Waals surface area contributed by atoms with Crippen LogP contribution in [-0.4, -0.2) is 77.1 Å². The van der Waals surface area contributed by atoms with Crippen molar-refractivity contribution in [3.63, 3.8) is 0 Å². The Morgan fingerprint density at radius 3 is 2.41 bits per heavy atom. The van der Waals surface area contributed by atoms with Gasteiger partial charge in [0.1, 0.15) is 34.3 Å². The number of hydrogen-bond donors (Lipinski definition) is 1. The van der Waals surface area contributed by atoms with Gasteiger partial charge in [0.25, 0.3) is 5.91 Å². The lowest BCUT2D eigenvalue weighted by atomic mass is 9.43. The minimum absolute atomic E-state index is 0.129. The minimum atomic E-state index is -0.688. The fourth-order valence-electron chi connectivity index (χ4n) is 7.87. The lowest BCUT2D eigenvalue weighted by Gasteiger charge is -2.64. The van der Waals surface area contributed by atoms with Crippen molar-refractivity contribution in [1.29, 1.82) is 0 Å². The molecule has 2 saturated heterocycles. The molecule has 2 bridgehead atoms. The lowest BCUT2D eigenvalue weighted by Crippen LogP contribution is -2.65. The van der Waals surface area contributed by atoms with E-state index < -0.39 is 23.3 Å². The van der Waals surface area contributed by atoms with E-state index in [2.05, 4.69) is 31.1 Å². The molecule has 49 heavy (non-hydrogen) atoms. The molecule has 3 heterocycles. The van der Waals surface area contributed by atoms with Gasteiger partial charge in [-0.1, -0.05) is 19.9 Å². The van der Waals surface area contributed by atoms with Gasteiger partial charge in [-0.2, -0.15) is 0 Å². The minimum Gasteiger partial charge on any atom is -0.486 e. The molecule has 2 amide bonds. The Kier molecular flexibility index (Phi) is 9.14. The first-order valence-electron chi connectivity index (χ1n) is 17.3. The summed E-state index contributed by atoms with van der Waals surface area (Å²) in [6.07, 6.45) is 2.80. The van der Waals surface area contributed by atoms with E-state index in [1.807, 2.05) is 39.8 Å². The number of benzene rings is 1. The predicted molar refractivity (Wildman–Crippen MR) is 187 cm³/mol. The number of nitrogens with one attached hydrogen (secondary N) is 1. The summed E-state index contributed by atoms with van der Waals surface area (Å²) in [5.74, 6) is 0.911. The molecule has 2 aromatic rings. The van der Waals surface area contributed by atoms with Crippen molar-refractivity contribution < 1.29 is 37.9 Å². The summed E-state index contributed by atoms with van der Waals surface area (Å²) in [6.45, 7) is 20.4. The number of rotatable bonds is 8. The summed E-state index contributed by atoms with van der Waals surface area (Å²) in [6, 6.07) is 3.83. The number of ether oxygens (including phenoxy) is 3. The number of carbonyl (C=O) groups is 3. The molecule has 5 aliphatic rings. The molecule has 0 spiro atoms. The fourth-order valence-corrected chi connectivity index (χ4v) is 8.54. The van der Waals surface area contributed by atoms with Gasteiger partial charge in [-0.25, -0.2) is 14.6 Å². The van der Waals surface area contributed by atoms with E-state index in [1.165, 1.54) is 6.42 Å². The van der Waals surface area contributed by atoms with Gasteiger partial charge in [-0.05, 0) is 115 Å². The fraction of sp³-hybridized carbons (Fsp3) is 0.667. The number of carbonyl (C=O) groups excluding carboxylic acids is 3. The third-order valence-corrected chi connectivity index (χ3v) is 11.3. The van der Waals surface area contributed by atoms with Crippen molar-refractivity contribution in [3.8, 4) is 5.75 Å². The van der Waals surface area contributed by atoms with Crippen LogP contribution in [0.2, 0.25) is 6.32 Å². The Labute approximate surface area is 293 Å². The number of nitrogens with zero attached hydrogens (tertiary/aromatic N) is 2. The van der Waals surface area contributed by atoms with Gasteiger partial charge in [0, 0.05) is 5.38 Å². The normalized spacial score (nSPS) is 26.0. The van der Waals surface area contributed by atoms with Crippen LogP contribution in [0.4, 0.5) is 9.93 Å². The molecule has 1 aromatic carbocycles. The van der Waals surface area contributed by atoms with Crippen LogP contribution in [0.25, 0.3) is 0 Å². The monoisotopic (exact) mass is 695 g/mol. The van der Waals surface area contributed by atoms with E-state index in [1.54, 1.807) is 31.1 Å². The molecular formula is C36H50BN3O8S. The van der Waals surface area contributed by atoms with Crippen molar-refractivity contribution in [1.82, 2.24) is 9.88 Å². The second-order valence-corrected chi connectivity index (χ2v) is 17.6. The molecule has 2 aliphatic heterocycles. The first-order chi connectivity index (χ1) is 22.7. The van der Waals surface area contributed by atoms with Crippen LogP contribution in [0, 0.1) is 24.2 Å². The molecule has 4 atom stereocenters. The third kappa shape index (κ3) is 7.21. The maximum absolute atomic E-state index is 13.6. The zero-order valence-electron chi connectivity index (χ0n) is 30.4. The van der Waals surface area contributed by atoms with Gasteiger partial charge in [0.05, 0.1) is 24.8 Å². The van der Waals surface area contributed by atoms with Crippen LogP contribution < -0.4 is 10.1 Å². The van der Waals surface area contributed by atoms with Crippen LogP contribution >= 0.6 is 11.3 Å². The summed E-state index contributed by atoms with van der Waals surface area (Å²) in [7, 11) is -0.286. The number of esters is 1. The highest BCUT2D eigenvalue weighted by Gasteiger charge is 2.67. The molecule has 1 aromatic heterocycles. The zero-order chi connectivity index (χ0) is 35.7. The van der Waals surface area contributed by atoms with Crippen LogP contribution in [0.5, 0.6) is 5.75 Å². The Hall–Kier alpha value is -3.16. The maximum atomic E-state index is 13.6. The van der Waals surface area contributed by atoms with Crippen LogP contribution in [0.3, 0.4) is 0 Å². The summed E-state index contributed by atoms with van der Waals surface area (Å²) in [5, 5.41) is 4.45. The quantitative estimate of drug-likeness (QED) is 0.231. The average molecular weight is 696 g/mol. The summed E-state index contributed by atoms with van der Waals surface area (Å²) < 4.78 is 30.5. The first kappa shape index (κ1) is 35.7. The van der Waals surface area contributed by atoms with Gasteiger partial charge < -0.3 is 28.4 Å². The Bertz CT molecular complexity index is 1620. The number of likely N-dealkylation sites (tertiary alicyclic amines) is 1. The van der Waals surface area contributed by atoms with Crippen LogP contribution in [0.15, 0.2) is 17.5 Å². The second-order valence-electron chi connectivity index (χ2n) is 16.8. The second kappa shape index (κ2) is 12.6. The summed E-state index contributed by atoms with van der Waals surface area (Å²) in [5.41, 5.74) is 1.13. The number of amides is 2. The largest absolute Gasteiger partial charge is 0.486 e. The molecule has 7 rings (SSSR count). The highest BCUT2D eigenvalue weighted by molar-refractivity contribution is 7.14. The summed E-state index contributed by atoms with van der Waals surface area (Å²) in [4.78, 5) is 44.6. The predicted octanol–water partition coefficient (Wildman–Crippen LogP) is 6.93. The zero-order valence-corrected chi connectivity index (χ0v) is 31.2. The van der Waals surface area contributed by atoms with E-state index in [0.717, 1.165) is 28.9 Å². The molecule has 3 saturated carbocycles. The molecule has 0 radical (unpaired) electrons. The smallest absolute Gasteiger partial charge is 0.457 e. The van der Waals surface area contributed by atoms with Gasteiger partial charge in [-0.3, -0.25) is 10.1 Å². The van der Waals surface area contributed by atoms with E-state index in [9.17, 15) is 14.4 Å². The van der Waals surface area contributed by atoms with E-state index in [0.29, 0.717) is 49.0 Å². The molecule has 13 heteroatoms. The standard InChI is InChI=1S/C36H50BN3O8S/c1-20-21(13-14-37-47-27-16-22-15-26(35(22,8)9)36(27,10)48-37)11-12-25(28(20)30(42)45-33(2,3)4)44-23-17-40(18-23)29(41)24-19-49-31(38-24)39-32(43)46-34(5,6)7/h11-12,19,22-23,26-27H,13-18H2,1-10H3,(H,38,39,43)/t22-,26-,27+,36-/m0/s1. The Morgan fingerprint density at radius 1 is 1.06 bits per heavy atom. The molecular weight excluding hydrogens is 645 g/mol. The molecule has 0 unspecified atom stereocenters. The van der Waals surface area contributed by atoms with Crippen molar-refractivity contribution in [3.05, 3.63) is 39.9 Å². The van der Waals surface area contributed by atoms with E-state index in [4.69, 9.17) is 23.5 Å². The van der Waals surface area contributed by atoms with Crippen molar-refractivity contribution in [2.24, 2.45) is 17.3 Å². The first-order valence-corrected chi connectivity index (χ1v) is 18.2. The maximum Gasteiger partial charge on any atom is 0.457 e. The third-order valence-electron chi connectivity index (χ3n) is 10.6. The van der Waals surface area contributed by atoms with Crippen LogP contribution in [0.1, 0.15) is 107 Å². The van der Waals surface area contributed by atoms with E-state index >= 15 is 0 Å². The number of aryl methyl sites for hydroxylation is 1. The van der Waals surface area contributed by atoms with Gasteiger partial charge in [-0.15, -0.1) is 11.3 Å². The molecule has 5 fully saturated rings. The highest BCUT2D eigenvalue weighted by Crippen LogP contribution is 2.65. The molecule has 266 valence electrons. The van der Waals surface area contributed by atoms with Gasteiger partial charge in [0.15, 0.2) is 5.13 Å². The van der Waals surface area contributed by atoms with Crippen LogP contribution in [-0.2, 0) is 25.2 Å². The molecule has 3 aliphatic carbocycles. The average Bonchev–Trinajstić information content (AvgIpc) is 3.55. The lowest BCUT2D eigenvalue weighted by molar-refractivity contribution is -0.199. The van der Waals surface area contributed by atoms with Gasteiger partial charge in [0.2, 0.25) is 0 Å². The number of aromatic nitrogens is 1. The Balaban J connectivity index is 1.09. The van der Waals surface area contributed by atoms with E-state index in [-0.39, 0.29) is 47.1 Å². The highest BCUT2D eigenvalue weighted by atomic mass is 32.1. The number of hydrogen-bond acceptors (Lipinski definition) is 10. The van der Waals surface area contributed by atoms with Crippen molar-refractivity contribution >= 4 is 41.6 Å². The van der Waals surface area contributed by atoms with Gasteiger partial charge >= 0.3 is 19.2 Å². The van der Waals surface area contributed by atoms with Crippen molar-refractivity contribution in [2.45, 2.75) is 124 Å². The Morgan fingerprint density at radius 2 is 1.76 bits per heavy atom. The molecule has 11 nitrogen and oxygen atoms in total. The number of anilines is 1. The van der Waals surface area contributed by atoms with Crippen molar-refractivity contribution in [2.75, 3.05) is 18.4 Å². The summed E-state index contributed by atoms with van der Waals surface area (Å²) >= 11 is 1.15. The number of thiazole rings is 1. The SMILES string of the molecule is Cc1c(CCB2O[C@@H]3C[C@@H]4C[C@@H](C4(C)C)[C@]3(C)O2)ccc(OC2CN(C(=O)c3csc(NC(=O)OC(C)(C)C)n3)C2)c1C(=O)OC(C)(C)C. The topological polar surface area (TPSA) is 126 Å².